The van der Waals surface area contributed by atoms with Gasteiger partial charge in [-0.25, -0.2) is 4.79 Å². The molecule has 1 heterocycles. The van der Waals surface area contributed by atoms with Crippen molar-refractivity contribution in [3.63, 3.8) is 0 Å². The summed E-state index contributed by atoms with van der Waals surface area (Å²) >= 11 is 0. The lowest BCUT2D eigenvalue weighted by Crippen LogP contribution is -2.38. The van der Waals surface area contributed by atoms with Crippen LogP contribution >= 0.6 is 0 Å². The average Bonchev–Trinajstić information content (AvgIpc) is 2.97. The average molecular weight is 293 g/mol. The predicted octanol–water partition coefficient (Wildman–Crippen LogP) is 2.49. The second kappa shape index (κ2) is 7.03. The number of nitrogens with zero attached hydrogens (tertiary/aromatic N) is 2. The molecule has 7 heteroatoms. The van der Waals surface area contributed by atoms with Gasteiger partial charge in [0.15, 0.2) is 0 Å². The summed E-state index contributed by atoms with van der Waals surface area (Å²) in [5, 5.41) is 13.4. The van der Waals surface area contributed by atoms with E-state index in [4.69, 9.17) is 4.74 Å². The number of anilines is 1. The zero-order valence-corrected chi connectivity index (χ0v) is 11.9. The first-order chi connectivity index (χ1) is 10.1. The van der Waals surface area contributed by atoms with Crippen LogP contribution < -0.4 is 5.32 Å². The molecule has 2 amide bonds. The summed E-state index contributed by atoms with van der Waals surface area (Å²) in [5.41, 5.74) is 0.385. The van der Waals surface area contributed by atoms with E-state index in [-0.39, 0.29) is 11.7 Å². The first-order valence-electron chi connectivity index (χ1n) is 6.98. The van der Waals surface area contributed by atoms with Crippen molar-refractivity contribution in [1.29, 1.82) is 0 Å². The third kappa shape index (κ3) is 4.16. The monoisotopic (exact) mass is 293 g/mol. The van der Waals surface area contributed by atoms with Crippen molar-refractivity contribution in [3.8, 4) is 0 Å². The van der Waals surface area contributed by atoms with Crippen LogP contribution in [0.25, 0.3) is 0 Å². The minimum atomic E-state index is -0.483. The number of nitro groups is 1. The van der Waals surface area contributed by atoms with E-state index in [1.807, 2.05) is 6.92 Å². The third-order valence-electron chi connectivity index (χ3n) is 3.48. The Bertz CT molecular complexity index is 515. The van der Waals surface area contributed by atoms with Gasteiger partial charge in [0, 0.05) is 43.4 Å². The van der Waals surface area contributed by atoms with Gasteiger partial charge in [-0.1, -0.05) is 6.07 Å². The number of carbonyl (C=O) groups is 1. The minimum Gasteiger partial charge on any atom is -0.381 e. The van der Waals surface area contributed by atoms with E-state index in [0.717, 1.165) is 13.0 Å². The number of benzene rings is 1. The van der Waals surface area contributed by atoms with Crippen LogP contribution in [0.1, 0.15) is 13.3 Å². The summed E-state index contributed by atoms with van der Waals surface area (Å²) in [6, 6.07) is 5.68. The maximum absolute atomic E-state index is 12.2. The number of rotatable bonds is 5. The first kappa shape index (κ1) is 15.2. The molecule has 0 unspecified atom stereocenters. The molecule has 1 aliphatic rings. The Morgan fingerprint density at radius 1 is 1.57 bits per heavy atom. The number of hydrogen-bond donors (Lipinski definition) is 1. The van der Waals surface area contributed by atoms with Crippen molar-refractivity contribution >= 4 is 17.4 Å². The molecule has 7 nitrogen and oxygen atoms in total. The fourth-order valence-corrected chi connectivity index (χ4v) is 2.29. The Kier molecular flexibility index (Phi) is 5.10. The highest BCUT2D eigenvalue weighted by Gasteiger charge is 2.21. The molecule has 0 bridgehead atoms. The molecule has 0 radical (unpaired) electrons. The Hall–Kier alpha value is -2.15. The van der Waals surface area contributed by atoms with E-state index in [9.17, 15) is 14.9 Å². The van der Waals surface area contributed by atoms with Gasteiger partial charge in [0.05, 0.1) is 11.5 Å². The number of hydrogen-bond acceptors (Lipinski definition) is 4. The van der Waals surface area contributed by atoms with E-state index in [2.05, 4.69) is 5.32 Å². The molecule has 1 aromatic carbocycles. The molecule has 1 fully saturated rings. The fraction of sp³-hybridized carbons (Fsp3) is 0.500. The van der Waals surface area contributed by atoms with Gasteiger partial charge < -0.3 is 15.0 Å². The van der Waals surface area contributed by atoms with Crippen molar-refractivity contribution in [2.45, 2.75) is 13.3 Å². The Balaban J connectivity index is 1.98. The van der Waals surface area contributed by atoms with E-state index in [1.54, 1.807) is 17.0 Å². The van der Waals surface area contributed by atoms with Gasteiger partial charge in [0.2, 0.25) is 0 Å². The zero-order chi connectivity index (χ0) is 15.2. The van der Waals surface area contributed by atoms with Crippen molar-refractivity contribution in [3.05, 3.63) is 34.4 Å². The molecule has 21 heavy (non-hydrogen) atoms. The normalized spacial score (nSPS) is 17.5. The van der Waals surface area contributed by atoms with E-state index in [1.165, 1.54) is 12.1 Å². The molecular formula is C14H19N3O4. The number of ether oxygens (including phenoxy) is 1. The van der Waals surface area contributed by atoms with E-state index >= 15 is 0 Å². The third-order valence-corrected chi connectivity index (χ3v) is 3.48. The number of non-ortho nitro benzene ring substituents is 1. The summed E-state index contributed by atoms with van der Waals surface area (Å²) < 4.78 is 5.31. The van der Waals surface area contributed by atoms with Gasteiger partial charge >= 0.3 is 6.03 Å². The number of urea groups is 1. The fourth-order valence-electron chi connectivity index (χ4n) is 2.29. The van der Waals surface area contributed by atoms with Crippen molar-refractivity contribution in [2.24, 2.45) is 5.92 Å². The van der Waals surface area contributed by atoms with Crippen molar-refractivity contribution < 1.29 is 14.5 Å². The zero-order valence-electron chi connectivity index (χ0n) is 11.9. The second-order valence-corrected chi connectivity index (χ2v) is 5.01. The van der Waals surface area contributed by atoms with Gasteiger partial charge in [0.25, 0.3) is 5.69 Å². The Labute approximate surface area is 123 Å². The summed E-state index contributed by atoms with van der Waals surface area (Å²) in [6.45, 7) is 4.55. The molecule has 1 atom stereocenters. The molecular weight excluding hydrogens is 274 g/mol. The first-order valence-corrected chi connectivity index (χ1v) is 6.98. The molecule has 2 rings (SSSR count). The molecule has 0 aliphatic carbocycles. The molecule has 0 aromatic heterocycles. The quantitative estimate of drug-likeness (QED) is 0.667. The number of carbonyl (C=O) groups excluding carboxylic acids is 1. The van der Waals surface area contributed by atoms with Crippen LogP contribution in [-0.4, -0.2) is 42.2 Å². The largest absolute Gasteiger partial charge is 0.381 e. The Morgan fingerprint density at radius 2 is 2.38 bits per heavy atom. The van der Waals surface area contributed by atoms with Crippen LogP contribution in [-0.2, 0) is 4.74 Å². The molecule has 1 aromatic rings. The van der Waals surface area contributed by atoms with Crippen molar-refractivity contribution in [2.75, 3.05) is 31.6 Å². The molecule has 114 valence electrons. The van der Waals surface area contributed by atoms with Gasteiger partial charge in [-0.2, -0.15) is 0 Å². The summed E-state index contributed by atoms with van der Waals surface area (Å²) in [4.78, 5) is 24.2. The number of amides is 2. The smallest absolute Gasteiger partial charge is 0.321 e. The maximum atomic E-state index is 12.2. The number of nitro benzene ring substituents is 1. The Morgan fingerprint density at radius 3 is 3.00 bits per heavy atom. The predicted molar refractivity (Wildman–Crippen MR) is 78.3 cm³/mol. The highest BCUT2D eigenvalue weighted by atomic mass is 16.6. The lowest BCUT2D eigenvalue weighted by molar-refractivity contribution is -0.384. The van der Waals surface area contributed by atoms with Crippen LogP contribution in [0.5, 0.6) is 0 Å². The topological polar surface area (TPSA) is 84.7 Å². The SMILES string of the molecule is CCN(C[C@H]1CCOC1)C(=O)Nc1cccc([N+](=O)[O-])c1. The summed E-state index contributed by atoms with van der Waals surface area (Å²) in [7, 11) is 0. The van der Waals surface area contributed by atoms with Crippen LogP contribution in [0.15, 0.2) is 24.3 Å². The maximum Gasteiger partial charge on any atom is 0.321 e. The highest BCUT2D eigenvalue weighted by molar-refractivity contribution is 5.89. The molecule has 0 spiro atoms. The lowest BCUT2D eigenvalue weighted by atomic mass is 10.1. The van der Waals surface area contributed by atoms with E-state index < -0.39 is 4.92 Å². The standard InChI is InChI=1S/C14H19N3O4/c1-2-16(9-11-6-7-21-10-11)14(18)15-12-4-3-5-13(8-12)17(19)20/h3-5,8,11H,2,6-7,9-10H2,1H3,(H,15,18)/t11-/m1/s1. The van der Waals surface area contributed by atoms with Gasteiger partial charge in [-0.3, -0.25) is 10.1 Å². The van der Waals surface area contributed by atoms with Gasteiger partial charge in [-0.05, 0) is 19.4 Å². The summed E-state index contributed by atoms with van der Waals surface area (Å²) in [6.07, 6.45) is 0.959. The highest BCUT2D eigenvalue weighted by Crippen LogP contribution is 2.18. The van der Waals surface area contributed by atoms with E-state index in [0.29, 0.717) is 31.3 Å². The molecule has 1 N–H and O–H groups in total. The van der Waals surface area contributed by atoms with Crippen LogP contribution in [0.3, 0.4) is 0 Å². The lowest BCUT2D eigenvalue weighted by Gasteiger charge is -2.24. The molecule has 0 saturated carbocycles. The second-order valence-electron chi connectivity index (χ2n) is 5.01. The van der Waals surface area contributed by atoms with Crippen molar-refractivity contribution in [1.82, 2.24) is 4.90 Å². The van der Waals surface area contributed by atoms with Gasteiger partial charge in [0.1, 0.15) is 0 Å². The van der Waals surface area contributed by atoms with Crippen LogP contribution in [0.4, 0.5) is 16.2 Å². The number of nitrogens with one attached hydrogen (secondary N) is 1. The molecule has 1 saturated heterocycles. The molecule has 1 aliphatic heterocycles. The minimum absolute atomic E-state index is 0.0416. The van der Waals surface area contributed by atoms with Gasteiger partial charge in [-0.15, -0.1) is 0 Å². The summed E-state index contributed by atoms with van der Waals surface area (Å²) in [5.74, 6) is 0.362. The van der Waals surface area contributed by atoms with Crippen LogP contribution in [0, 0.1) is 16.0 Å². The van der Waals surface area contributed by atoms with Crippen LogP contribution in [0.2, 0.25) is 0 Å².